The fourth-order valence-corrected chi connectivity index (χ4v) is 3.21. The zero-order valence-electron chi connectivity index (χ0n) is 15.1. The molecular formula is C20H20BrN3O3. The molecule has 0 saturated carbocycles. The number of carbonyl (C=O) groups is 1. The first kappa shape index (κ1) is 19.1. The van der Waals surface area contributed by atoms with Crippen LogP contribution in [0.2, 0.25) is 0 Å². The maximum Gasteiger partial charge on any atom is 0.332 e. The van der Waals surface area contributed by atoms with Crippen LogP contribution in [-0.2, 0) is 11.3 Å². The Balaban J connectivity index is 2.05. The minimum absolute atomic E-state index is 0.174. The predicted molar refractivity (Wildman–Crippen MR) is 110 cm³/mol. The van der Waals surface area contributed by atoms with Gasteiger partial charge in [0.15, 0.2) is 0 Å². The number of nitrogens with zero attached hydrogens (tertiary/aromatic N) is 2. The second kappa shape index (κ2) is 7.92. The van der Waals surface area contributed by atoms with E-state index < -0.39 is 5.69 Å². The number of nitrogens with one attached hydrogen (secondary N) is 1. The number of para-hydroxylation sites is 1. The van der Waals surface area contributed by atoms with Gasteiger partial charge >= 0.3 is 5.69 Å². The van der Waals surface area contributed by atoms with Crippen molar-refractivity contribution in [3.63, 3.8) is 0 Å². The second-order valence-corrected chi connectivity index (χ2v) is 7.29. The van der Waals surface area contributed by atoms with Crippen LogP contribution in [0, 0.1) is 0 Å². The molecule has 0 saturated heterocycles. The molecular weight excluding hydrogens is 410 g/mol. The van der Waals surface area contributed by atoms with E-state index in [1.165, 1.54) is 9.13 Å². The third-order valence-corrected chi connectivity index (χ3v) is 5.07. The fourth-order valence-electron chi connectivity index (χ4n) is 2.94. The van der Waals surface area contributed by atoms with E-state index in [1.54, 1.807) is 36.4 Å². The highest BCUT2D eigenvalue weighted by atomic mass is 79.9. The highest BCUT2D eigenvalue weighted by Gasteiger charge is 2.17. The first-order valence-electron chi connectivity index (χ1n) is 8.72. The van der Waals surface area contributed by atoms with E-state index in [9.17, 15) is 14.4 Å². The number of anilines is 1. The average molecular weight is 430 g/mol. The van der Waals surface area contributed by atoms with Crippen LogP contribution in [0.4, 0.5) is 5.69 Å². The number of fused-ring (bicyclic) bond motifs is 1. The predicted octanol–water partition coefficient (Wildman–Crippen LogP) is 3.54. The van der Waals surface area contributed by atoms with Gasteiger partial charge < -0.3 is 5.32 Å². The van der Waals surface area contributed by atoms with Gasteiger partial charge in [-0.25, -0.2) is 4.79 Å². The topological polar surface area (TPSA) is 73.1 Å². The van der Waals surface area contributed by atoms with Crippen molar-refractivity contribution >= 4 is 38.4 Å². The summed E-state index contributed by atoms with van der Waals surface area (Å²) in [6.07, 6.45) is 0.637. The molecule has 140 valence electrons. The lowest BCUT2D eigenvalue weighted by Gasteiger charge is -2.17. The van der Waals surface area contributed by atoms with Gasteiger partial charge in [-0.1, -0.05) is 35.0 Å². The van der Waals surface area contributed by atoms with Crippen LogP contribution < -0.4 is 16.6 Å². The van der Waals surface area contributed by atoms with Crippen LogP contribution in [0.15, 0.2) is 62.6 Å². The summed E-state index contributed by atoms with van der Waals surface area (Å²) in [4.78, 5) is 38.3. The van der Waals surface area contributed by atoms with Crippen molar-refractivity contribution in [3.8, 4) is 0 Å². The molecule has 1 aromatic heterocycles. The molecule has 0 radical (unpaired) electrons. The third-order valence-electron chi connectivity index (χ3n) is 4.54. The van der Waals surface area contributed by atoms with Gasteiger partial charge in [0.1, 0.15) is 6.54 Å². The number of halogens is 1. The molecule has 0 spiro atoms. The van der Waals surface area contributed by atoms with Gasteiger partial charge in [-0.2, -0.15) is 0 Å². The van der Waals surface area contributed by atoms with Crippen molar-refractivity contribution in [3.05, 3.63) is 73.8 Å². The molecule has 3 rings (SSSR count). The molecule has 1 heterocycles. The van der Waals surface area contributed by atoms with E-state index in [4.69, 9.17) is 0 Å². The van der Waals surface area contributed by atoms with Crippen molar-refractivity contribution in [2.75, 3.05) is 5.32 Å². The van der Waals surface area contributed by atoms with Gasteiger partial charge in [0.2, 0.25) is 5.91 Å². The molecule has 0 bridgehead atoms. The highest BCUT2D eigenvalue weighted by Crippen LogP contribution is 2.15. The summed E-state index contributed by atoms with van der Waals surface area (Å²) >= 11 is 3.35. The van der Waals surface area contributed by atoms with E-state index in [-0.39, 0.29) is 24.1 Å². The molecule has 7 heteroatoms. The van der Waals surface area contributed by atoms with E-state index >= 15 is 0 Å². The van der Waals surface area contributed by atoms with Crippen LogP contribution in [0.3, 0.4) is 0 Å². The quantitative estimate of drug-likeness (QED) is 0.673. The van der Waals surface area contributed by atoms with Crippen molar-refractivity contribution in [1.29, 1.82) is 0 Å². The summed E-state index contributed by atoms with van der Waals surface area (Å²) in [5.41, 5.74) is 0.294. The molecule has 1 amide bonds. The Kier molecular flexibility index (Phi) is 5.60. The molecule has 0 aliphatic rings. The van der Waals surface area contributed by atoms with Crippen LogP contribution in [0.5, 0.6) is 0 Å². The normalized spacial score (nSPS) is 12.1. The minimum Gasteiger partial charge on any atom is -0.325 e. The molecule has 1 N–H and O–H groups in total. The molecule has 0 aliphatic carbocycles. The number of carbonyl (C=O) groups excluding carboxylic acids is 1. The molecule has 27 heavy (non-hydrogen) atoms. The zero-order valence-corrected chi connectivity index (χ0v) is 16.7. The Hall–Kier alpha value is -2.67. The van der Waals surface area contributed by atoms with Gasteiger partial charge in [0, 0.05) is 16.2 Å². The number of aromatic nitrogens is 2. The summed E-state index contributed by atoms with van der Waals surface area (Å²) in [6, 6.07) is 13.8. The molecule has 3 aromatic rings. The smallest absolute Gasteiger partial charge is 0.325 e. The van der Waals surface area contributed by atoms with Gasteiger partial charge in [-0.15, -0.1) is 0 Å². The maximum atomic E-state index is 13.0. The van der Waals surface area contributed by atoms with E-state index in [0.717, 1.165) is 4.47 Å². The van der Waals surface area contributed by atoms with Gasteiger partial charge in [0.05, 0.1) is 10.9 Å². The molecule has 1 unspecified atom stereocenters. The Labute approximate surface area is 164 Å². The van der Waals surface area contributed by atoms with Gasteiger partial charge in [-0.3, -0.25) is 18.7 Å². The number of benzene rings is 2. The maximum absolute atomic E-state index is 13.0. The standard InChI is InChI=1S/C20H20BrN3O3/c1-3-13(2)24-19(26)16-6-4-5-7-17(16)23(20(24)27)12-18(25)22-15-10-8-14(21)9-11-15/h4-11,13H,3,12H2,1-2H3,(H,22,25). The lowest BCUT2D eigenvalue weighted by molar-refractivity contribution is -0.116. The molecule has 2 aromatic carbocycles. The largest absolute Gasteiger partial charge is 0.332 e. The Morgan fingerprint density at radius 2 is 1.78 bits per heavy atom. The van der Waals surface area contributed by atoms with Crippen molar-refractivity contribution in [2.45, 2.75) is 32.9 Å². The van der Waals surface area contributed by atoms with Crippen LogP contribution in [0.25, 0.3) is 10.9 Å². The lowest BCUT2D eigenvalue weighted by atomic mass is 10.2. The first-order valence-corrected chi connectivity index (χ1v) is 9.51. The second-order valence-electron chi connectivity index (χ2n) is 6.37. The molecule has 1 atom stereocenters. The number of rotatable bonds is 5. The lowest BCUT2D eigenvalue weighted by Crippen LogP contribution is -2.43. The van der Waals surface area contributed by atoms with E-state index in [2.05, 4.69) is 21.2 Å². The number of amides is 1. The molecule has 6 nitrogen and oxygen atoms in total. The summed E-state index contributed by atoms with van der Waals surface area (Å²) in [7, 11) is 0. The Bertz CT molecular complexity index is 1100. The monoisotopic (exact) mass is 429 g/mol. The van der Waals surface area contributed by atoms with E-state index in [1.807, 2.05) is 26.0 Å². The molecule has 0 fully saturated rings. The number of hydrogen-bond acceptors (Lipinski definition) is 3. The SMILES string of the molecule is CCC(C)n1c(=O)c2ccccc2n(CC(=O)Nc2ccc(Br)cc2)c1=O. The third kappa shape index (κ3) is 3.88. The van der Waals surface area contributed by atoms with Gasteiger partial charge in [-0.05, 0) is 49.7 Å². The van der Waals surface area contributed by atoms with Gasteiger partial charge in [0.25, 0.3) is 5.56 Å². The van der Waals surface area contributed by atoms with Crippen LogP contribution in [0.1, 0.15) is 26.3 Å². The summed E-state index contributed by atoms with van der Waals surface area (Å²) in [5, 5.41) is 3.20. The average Bonchev–Trinajstić information content (AvgIpc) is 2.67. The summed E-state index contributed by atoms with van der Waals surface area (Å²) in [5.74, 6) is -0.334. The first-order chi connectivity index (χ1) is 12.9. The zero-order chi connectivity index (χ0) is 19.6. The van der Waals surface area contributed by atoms with E-state index in [0.29, 0.717) is 23.0 Å². The molecule has 0 aliphatic heterocycles. The van der Waals surface area contributed by atoms with Crippen molar-refractivity contribution < 1.29 is 4.79 Å². The summed E-state index contributed by atoms with van der Waals surface area (Å²) < 4.78 is 3.50. The Morgan fingerprint density at radius 1 is 1.11 bits per heavy atom. The minimum atomic E-state index is -0.473. The summed E-state index contributed by atoms with van der Waals surface area (Å²) in [6.45, 7) is 3.56. The Morgan fingerprint density at radius 3 is 2.44 bits per heavy atom. The van der Waals surface area contributed by atoms with Crippen molar-refractivity contribution in [1.82, 2.24) is 9.13 Å². The highest BCUT2D eigenvalue weighted by molar-refractivity contribution is 9.10. The number of hydrogen-bond donors (Lipinski definition) is 1. The fraction of sp³-hybridized carbons (Fsp3) is 0.250. The van der Waals surface area contributed by atoms with Crippen molar-refractivity contribution in [2.24, 2.45) is 0 Å². The van der Waals surface area contributed by atoms with Crippen LogP contribution in [-0.4, -0.2) is 15.0 Å². The van der Waals surface area contributed by atoms with Crippen LogP contribution >= 0.6 is 15.9 Å².